The number of aryl methyl sites for hydroxylation is 1. The van der Waals surface area contributed by atoms with Crippen LogP contribution in [-0.2, 0) is 16.4 Å². The minimum absolute atomic E-state index is 0.0283. The van der Waals surface area contributed by atoms with Gasteiger partial charge in [0.05, 0.1) is 18.1 Å². The van der Waals surface area contributed by atoms with Gasteiger partial charge in [-0.3, -0.25) is 0 Å². The third-order valence-corrected chi connectivity index (χ3v) is 10.4. The zero-order valence-corrected chi connectivity index (χ0v) is 25.2. The third kappa shape index (κ3) is 7.32. The number of benzene rings is 3. The summed E-state index contributed by atoms with van der Waals surface area (Å²) in [6.45, 7) is 5.05. The van der Waals surface area contributed by atoms with Crippen molar-refractivity contribution in [1.82, 2.24) is 0 Å². The SMILES string of the molecule is CC#C[C@@H](CCO)c1ccc(OCc2ccc3scc(-c4ccc(OCC5CCS(=O)(=O)CC5)cc4C)c3c2)cc1. The van der Waals surface area contributed by atoms with Crippen LogP contribution >= 0.6 is 11.3 Å². The molecule has 1 atom stereocenters. The van der Waals surface area contributed by atoms with Crippen LogP contribution < -0.4 is 9.47 Å². The van der Waals surface area contributed by atoms with Crippen LogP contribution in [0, 0.1) is 24.7 Å². The van der Waals surface area contributed by atoms with E-state index in [1.807, 2.05) is 37.3 Å². The smallest absolute Gasteiger partial charge is 0.150 e. The Labute approximate surface area is 247 Å². The van der Waals surface area contributed by atoms with Crippen LogP contribution in [0.2, 0.25) is 0 Å². The molecule has 7 heteroatoms. The number of aliphatic hydroxyl groups excluding tert-OH is 1. The van der Waals surface area contributed by atoms with E-state index < -0.39 is 9.84 Å². The Balaban J connectivity index is 1.25. The van der Waals surface area contributed by atoms with E-state index in [-0.39, 0.29) is 29.9 Å². The van der Waals surface area contributed by atoms with Crippen molar-refractivity contribution < 1.29 is 23.0 Å². The number of aliphatic hydroxyl groups is 1. The molecule has 3 aromatic carbocycles. The molecule has 0 bridgehead atoms. The summed E-state index contributed by atoms with van der Waals surface area (Å²) in [7, 11) is -2.86. The minimum atomic E-state index is -2.86. The van der Waals surface area contributed by atoms with Gasteiger partial charge in [0, 0.05) is 28.2 Å². The number of fused-ring (bicyclic) bond motifs is 1. The van der Waals surface area contributed by atoms with Crippen LogP contribution in [0.3, 0.4) is 0 Å². The molecule has 1 aromatic heterocycles. The van der Waals surface area contributed by atoms with Gasteiger partial charge in [0.2, 0.25) is 0 Å². The average molecular weight is 589 g/mol. The fourth-order valence-electron chi connectivity index (χ4n) is 5.31. The monoisotopic (exact) mass is 588 g/mol. The highest BCUT2D eigenvalue weighted by atomic mass is 32.2. The number of ether oxygens (including phenoxy) is 2. The molecule has 1 fully saturated rings. The van der Waals surface area contributed by atoms with Gasteiger partial charge in [0.25, 0.3) is 0 Å². The van der Waals surface area contributed by atoms with Gasteiger partial charge in [-0.05, 0) is 103 Å². The van der Waals surface area contributed by atoms with Gasteiger partial charge in [0.15, 0.2) is 0 Å². The summed E-state index contributed by atoms with van der Waals surface area (Å²) in [6, 6.07) is 20.7. The van der Waals surface area contributed by atoms with E-state index in [4.69, 9.17) is 9.47 Å². The Kier molecular flexibility index (Phi) is 9.34. The summed E-state index contributed by atoms with van der Waals surface area (Å²) in [5.41, 5.74) is 5.70. The first-order valence-corrected chi connectivity index (χ1v) is 16.8. The minimum Gasteiger partial charge on any atom is -0.493 e. The van der Waals surface area contributed by atoms with E-state index in [2.05, 4.69) is 54.5 Å². The average Bonchev–Trinajstić information content (AvgIpc) is 3.39. The Morgan fingerprint density at radius 2 is 1.73 bits per heavy atom. The van der Waals surface area contributed by atoms with E-state index in [0.717, 1.165) is 28.2 Å². The maximum Gasteiger partial charge on any atom is 0.150 e. The van der Waals surface area contributed by atoms with Crippen LogP contribution in [0.15, 0.2) is 66.0 Å². The first-order valence-electron chi connectivity index (χ1n) is 14.1. The lowest BCUT2D eigenvalue weighted by Crippen LogP contribution is -2.26. The lowest BCUT2D eigenvalue weighted by atomic mass is 9.96. The van der Waals surface area contributed by atoms with Crippen molar-refractivity contribution in [3.05, 3.63) is 82.7 Å². The van der Waals surface area contributed by atoms with Crippen LogP contribution in [0.4, 0.5) is 0 Å². The summed E-state index contributed by atoms with van der Waals surface area (Å²) in [5, 5.41) is 12.8. The fourth-order valence-corrected chi connectivity index (χ4v) is 7.84. The van der Waals surface area contributed by atoms with Crippen molar-refractivity contribution in [2.45, 2.75) is 45.6 Å². The van der Waals surface area contributed by atoms with Crippen molar-refractivity contribution in [3.63, 3.8) is 0 Å². The lowest BCUT2D eigenvalue weighted by Gasteiger charge is -2.22. The molecule has 0 saturated carbocycles. The van der Waals surface area contributed by atoms with Gasteiger partial charge in [-0.15, -0.1) is 17.3 Å². The second-order valence-electron chi connectivity index (χ2n) is 10.7. The van der Waals surface area contributed by atoms with Gasteiger partial charge in [-0.25, -0.2) is 8.42 Å². The Bertz CT molecular complexity index is 1650. The number of sulfone groups is 1. The first kappa shape index (κ1) is 29.2. The van der Waals surface area contributed by atoms with Crippen molar-refractivity contribution in [2.24, 2.45) is 5.92 Å². The molecule has 2 heterocycles. The summed E-state index contributed by atoms with van der Waals surface area (Å²) in [5.74, 6) is 8.59. The van der Waals surface area contributed by atoms with Crippen molar-refractivity contribution in [1.29, 1.82) is 0 Å². The molecule has 0 unspecified atom stereocenters. The standard InChI is InChI=1S/C34H36O5S2/c1-3-4-27(13-16-35)28-6-8-29(9-7-28)38-22-26-5-12-34-32(20-26)33(23-40-34)31-11-10-30(19-24(31)2)39-21-25-14-17-41(36,37)18-15-25/h5-12,19-20,23,25,27,35H,13-18,21-22H2,1-2H3/t27-/m0/s1. The van der Waals surface area contributed by atoms with Crippen molar-refractivity contribution in [3.8, 4) is 34.5 Å². The molecule has 1 aliphatic rings. The molecule has 4 aromatic rings. The topological polar surface area (TPSA) is 72.8 Å². The molecule has 1 aliphatic heterocycles. The summed E-state index contributed by atoms with van der Waals surface area (Å²) >= 11 is 1.74. The van der Waals surface area contributed by atoms with E-state index in [9.17, 15) is 13.5 Å². The predicted molar refractivity (Wildman–Crippen MR) is 168 cm³/mol. The normalized spacial score (nSPS) is 15.7. The summed E-state index contributed by atoms with van der Waals surface area (Å²) < 4.78 is 36.8. The zero-order chi connectivity index (χ0) is 28.8. The molecule has 1 N–H and O–H groups in total. The molecule has 5 nitrogen and oxygen atoms in total. The molecule has 1 saturated heterocycles. The second kappa shape index (κ2) is 13.1. The first-order chi connectivity index (χ1) is 19.8. The molecule has 0 aliphatic carbocycles. The van der Waals surface area contributed by atoms with E-state index in [0.29, 0.717) is 32.5 Å². The molecule has 0 amide bonds. The second-order valence-corrected chi connectivity index (χ2v) is 13.9. The van der Waals surface area contributed by atoms with Crippen molar-refractivity contribution in [2.75, 3.05) is 24.7 Å². The lowest BCUT2D eigenvalue weighted by molar-refractivity contribution is 0.238. The molecule has 214 valence electrons. The number of hydrogen-bond acceptors (Lipinski definition) is 6. The van der Waals surface area contributed by atoms with Crippen molar-refractivity contribution >= 4 is 31.3 Å². The maximum absolute atomic E-state index is 11.7. The zero-order valence-electron chi connectivity index (χ0n) is 23.6. The van der Waals surface area contributed by atoms with Crippen LogP contribution in [0.5, 0.6) is 11.5 Å². The number of hydrogen-bond donors (Lipinski definition) is 1. The van der Waals surface area contributed by atoms with E-state index >= 15 is 0 Å². The number of rotatable bonds is 10. The van der Waals surface area contributed by atoms with Crippen LogP contribution in [0.25, 0.3) is 21.2 Å². The van der Waals surface area contributed by atoms with Gasteiger partial charge < -0.3 is 14.6 Å². The maximum atomic E-state index is 11.7. The Morgan fingerprint density at radius 1 is 0.976 bits per heavy atom. The molecule has 0 radical (unpaired) electrons. The van der Waals surface area contributed by atoms with Gasteiger partial charge in [-0.2, -0.15) is 0 Å². The van der Waals surface area contributed by atoms with Crippen LogP contribution in [0.1, 0.15) is 48.8 Å². The van der Waals surface area contributed by atoms with Gasteiger partial charge in [-0.1, -0.05) is 30.2 Å². The summed E-state index contributed by atoms with van der Waals surface area (Å²) in [4.78, 5) is 0. The van der Waals surface area contributed by atoms with Crippen LogP contribution in [-0.4, -0.2) is 38.2 Å². The van der Waals surface area contributed by atoms with E-state index in [1.165, 1.54) is 21.2 Å². The largest absolute Gasteiger partial charge is 0.493 e. The molecule has 41 heavy (non-hydrogen) atoms. The molecule has 0 spiro atoms. The molecule has 5 rings (SSSR count). The third-order valence-electron chi connectivity index (χ3n) is 7.71. The highest BCUT2D eigenvalue weighted by molar-refractivity contribution is 7.91. The Morgan fingerprint density at radius 3 is 2.44 bits per heavy atom. The number of thiophene rings is 1. The van der Waals surface area contributed by atoms with Gasteiger partial charge in [0.1, 0.15) is 27.9 Å². The Hall–Kier alpha value is -3.31. The fraction of sp³-hybridized carbons (Fsp3) is 0.353. The van der Waals surface area contributed by atoms with E-state index in [1.54, 1.807) is 11.3 Å². The predicted octanol–water partition coefficient (Wildman–Crippen LogP) is 7.15. The highest BCUT2D eigenvalue weighted by Crippen LogP contribution is 2.37. The molecular weight excluding hydrogens is 553 g/mol. The quantitative estimate of drug-likeness (QED) is 0.199. The highest BCUT2D eigenvalue weighted by Gasteiger charge is 2.24. The van der Waals surface area contributed by atoms with Gasteiger partial charge >= 0.3 is 0 Å². The summed E-state index contributed by atoms with van der Waals surface area (Å²) in [6.07, 6.45) is 1.97. The molecular formula is C34H36O5S2.